The number of fused-ring (bicyclic) bond motifs is 1. The van der Waals surface area contributed by atoms with Crippen LogP contribution in [0, 0.1) is 35.0 Å². The lowest BCUT2D eigenvalue weighted by Crippen LogP contribution is -2.42. The van der Waals surface area contributed by atoms with Crippen molar-refractivity contribution in [1.82, 2.24) is 0 Å². The Bertz CT molecular complexity index is 441. The summed E-state index contributed by atoms with van der Waals surface area (Å²) < 4.78 is 0. The van der Waals surface area contributed by atoms with Crippen LogP contribution in [0.4, 0.5) is 0 Å². The third-order valence-electron chi connectivity index (χ3n) is 6.93. The summed E-state index contributed by atoms with van der Waals surface area (Å²) in [6, 6.07) is 0. The molecule has 1 saturated carbocycles. The molecule has 0 aromatic carbocycles. The van der Waals surface area contributed by atoms with E-state index in [1.54, 1.807) is 5.57 Å². The lowest BCUT2D eigenvalue weighted by Gasteiger charge is -2.52. The molecule has 0 heteroatoms. The molecule has 0 spiro atoms. The number of rotatable bonds is 1. The molecule has 20 heavy (non-hydrogen) atoms. The highest BCUT2D eigenvalue weighted by Crippen LogP contribution is 2.58. The van der Waals surface area contributed by atoms with Gasteiger partial charge in [0.25, 0.3) is 0 Å². The second kappa shape index (κ2) is 5.04. The van der Waals surface area contributed by atoms with Crippen LogP contribution in [0.3, 0.4) is 0 Å². The number of allylic oxidation sites excluding steroid dienone is 4. The van der Waals surface area contributed by atoms with Gasteiger partial charge < -0.3 is 0 Å². The van der Waals surface area contributed by atoms with Gasteiger partial charge in [0, 0.05) is 0 Å². The Labute approximate surface area is 125 Å². The highest BCUT2D eigenvalue weighted by atomic mass is 14.5. The molecule has 0 aliphatic heterocycles. The molecule has 0 saturated heterocycles. The first-order chi connectivity index (χ1) is 9.43. The number of hydrogen-bond acceptors (Lipinski definition) is 0. The Morgan fingerprint density at radius 1 is 1.15 bits per heavy atom. The van der Waals surface area contributed by atoms with E-state index in [0.29, 0.717) is 5.41 Å². The molecule has 3 rings (SSSR count). The van der Waals surface area contributed by atoms with Crippen molar-refractivity contribution in [1.29, 1.82) is 0 Å². The molecule has 0 nitrogen and oxygen atoms in total. The zero-order chi connectivity index (χ0) is 14.5. The summed E-state index contributed by atoms with van der Waals surface area (Å²) in [6.45, 7) is 12.5. The molecule has 6 atom stereocenters. The van der Waals surface area contributed by atoms with Crippen molar-refractivity contribution in [3.8, 4) is 0 Å². The maximum Gasteiger partial charge on any atom is -0.00456 e. The van der Waals surface area contributed by atoms with Crippen LogP contribution >= 0.6 is 0 Å². The molecule has 6 unspecified atom stereocenters. The SMILES string of the molecule is CC1=C2C(CC(C)CC2(C)C2C=CCC2)CC(C)C1C. The Morgan fingerprint density at radius 3 is 2.55 bits per heavy atom. The Kier molecular flexibility index (Phi) is 3.63. The van der Waals surface area contributed by atoms with E-state index in [0.717, 1.165) is 29.6 Å². The first-order valence-corrected chi connectivity index (χ1v) is 8.81. The second-order valence-electron chi connectivity index (χ2n) is 8.37. The summed E-state index contributed by atoms with van der Waals surface area (Å²) in [6.07, 6.45) is 11.9. The molecule has 1 fully saturated rings. The third kappa shape index (κ3) is 2.11. The molecule has 0 heterocycles. The minimum Gasteiger partial charge on any atom is -0.0882 e. The van der Waals surface area contributed by atoms with Crippen LogP contribution in [0.2, 0.25) is 0 Å². The number of hydrogen-bond donors (Lipinski definition) is 0. The van der Waals surface area contributed by atoms with Crippen molar-refractivity contribution in [2.24, 2.45) is 35.0 Å². The predicted molar refractivity (Wildman–Crippen MR) is 87.5 cm³/mol. The standard InChI is InChI=1S/C20H32/c1-13-10-17-11-14(2)15(3)16(4)19(17)20(5,12-13)18-8-6-7-9-18/h6,8,13-15,17-18H,7,9-12H2,1-5H3. The van der Waals surface area contributed by atoms with Gasteiger partial charge in [-0.1, -0.05) is 51.0 Å². The monoisotopic (exact) mass is 272 g/mol. The summed E-state index contributed by atoms with van der Waals surface area (Å²) in [5.74, 6) is 4.25. The smallest absolute Gasteiger partial charge is 0.00456 e. The van der Waals surface area contributed by atoms with Gasteiger partial charge in [-0.2, -0.15) is 0 Å². The van der Waals surface area contributed by atoms with Crippen LogP contribution in [0.15, 0.2) is 23.3 Å². The first-order valence-electron chi connectivity index (χ1n) is 8.81. The fourth-order valence-corrected chi connectivity index (χ4v) is 5.81. The molecule has 0 radical (unpaired) electrons. The Morgan fingerprint density at radius 2 is 1.90 bits per heavy atom. The average Bonchev–Trinajstić information content (AvgIpc) is 2.89. The Hall–Kier alpha value is -0.520. The maximum absolute atomic E-state index is 2.59. The van der Waals surface area contributed by atoms with E-state index in [1.165, 1.54) is 32.1 Å². The van der Waals surface area contributed by atoms with Crippen molar-refractivity contribution in [3.05, 3.63) is 23.3 Å². The van der Waals surface area contributed by atoms with E-state index >= 15 is 0 Å². The van der Waals surface area contributed by atoms with Gasteiger partial charge in [-0.05, 0) is 74.0 Å². The average molecular weight is 272 g/mol. The molecule has 0 N–H and O–H groups in total. The van der Waals surface area contributed by atoms with Gasteiger partial charge in [-0.15, -0.1) is 0 Å². The molecule has 0 amide bonds. The normalized spacial score (nSPS) is 48.5. The largest absolute Gasteiger partial charge is 0.0882 e. The summed E-state index contributed by atoms with van der Waals surface area (Å²) in [5, 5.41) is 0. The fraction of sp³-hybridized carbons (Fsp3) is 0.800. The van der Waals surface area contributed by atoms with Crippen LogP contribution in [0.1, 0.15) is 66.7 Å². The van der Waals surface area contributed by atoms with E-state index in [2.05, 4.69) is 46.8 Å². The summed E-state index contributed by atoms with van der Waals surface area (Å²) in [7, 11) is 0. The molecule has 112 valence electrons. The summed E-state index contributed by atoms with van der Waals surface area (Å²) in [4.78, 5) is 0. The van der Waals surface area contributed by atoms with Gasteiger partial charge in [0.15, 0.2) is 0 Å². The van der Waals surface area contributed by atoms with Crippen molar-refractivity contribution < 1.29 is 0 Å². The zero-order valence-electron chi connectivity index (χ0n) is 14.1. The quantitative estimate of drug-likeness (QED) is 0.514. The Balaban J connectivity index is 2.05. The van der Waals surface area contributed by atoms with Crippen LogP contribution in [-0.4, -0.2) is 0 Å². The maximum atomic E-state index is 2.59. The zero-order valence-corrected chi connectivity index (χ0v) is 14.1. The minimum absolute atomic E-state index is 0.452. The second-order valence-corrected chi connectivity index (χ2v) is 8.37. The first kappa shape index (κ1) is 14.4. The topological polar surface area (TPSA) is 0 Å². The minimum atomic E-state index is 0.452. The molecular formula is C20H32. The van der Waals surface area contributed by atoms with Gasteiger partial charge in [-0.25, -0.2) is 0 Å². The lowest BCUT2D eigenvalue weighted by atomic mass is 9.52. The van der Waals surface area contributed by atoms with Crippen molar-refractivity contribution in [2.45, 2.75) is 66.7 Å². The summed E-state index contributed by atoms with van der Waals surface area (Å²) in [5.41, 5.74) is 4.09. The molecule has 0 aromatic heterocycles. The van der Waals surface area contributed by atoms with Gasteiger partial charge >= 0.3 is 0 Å². The highest BCUT2D eigenvalue weighted by Gasteiger charge is 2.48. The van der Waals surface area contributed by atoms with Crippen molar-refractivity contribution >= 4 is 0 Å². The van der Waals surface area contributed by atoms with E-state index in [1.807, 2.05) is 5.57 Å². The molecule has 0 bridgehead atoms. The van der Waals surface area contributed by atoms with E-state index < -0.39 is 0 Å². The van der Waals surface area contributed by atoms with E-state index in [-0.39, 0.29) is 0 Å². The molecule has 3 aliphatic carbocycles. The van der Waals surface area contributed by atoms with Gasteiger partial charge in [-0.3, -0.25) is 0 Å². The van der Waals surface area contributed by atoms with Gasteiger partial charge in [0.05, 0.1) is 0 Å². The van der Waals surface area contributed by atoms with E-state index in [9.17, 15) is 0 Å². The molecular weight excluding hydrogens is 240 g/mol. The van der Waals surface area contributed by atoms with Crippen LogP contribution in [-0.2, 0) is 0 Å². The fourth-order valence-electron chi connectivity index (χ4n) is 5.81. The van der Waals surface area contributed by atoms with E-state index in [4.69, 9.17) is 0 Å². The third-order valence-corrected chi connectivity index (χ3v) is 6.93. The van der Waals surface area contributed by atoms with Crippen molar-refractivity contribution in [3.63, 3.8) is 0 Å². The molecule has 0 aromatic rings. The lowest BCUT2D eigenvalue weighted by molar-refractivity contribution is 0.116. The summed E-state index contributed by atoms with van der Waals surface area (Å²) >= 11 is 0. The van der Waals surface area contributed by atoms with Gasteiger partial charge in [0.2, 0.25) is 0 Å². The molecule has 3 aliphatic rings. The van der Waals surface area contributed by atoms with Crippen LogP contribution in [0.5, 0.6) is 0 Å². The van der Waals surface area contributed by atoms with Crippen LogP contribution < -0.4 is 0 Å². The van der Waals surface area contributed by atoms with Gasteiger partial charge in [0.1, 0.15) is 0 Å². The predicted octanol–water partition coefficient (Wildman–Crippen LogP) is 6.00. The highest BCUT2D eigenvalue weighted by molar-refractivity contribution is 5.32. The van der Waals surface area contributed by atoms with Crippen LogP contribution in [0.25, 0.3) is 0 Å². The van der Waals surface area contributed by atoms with Crippen molar-refractivity contribution in [2.75, 3.05) is 0 Å².